The van der Waals surface area contributed by atoms with Crippen molar-refractivity contribution in [1.82, 2.24) is 9.47 Å². The van der Waals surface area contributed by atoms with Crippen LogP contribution in [0.3, 0.4) is 0 Å². The molecule has 1 aliphatic rings. The lowest BCUT2D eigenvalue weighted by Gasteiger charge is -2.32. The van der Waals surface area contributed by atoms with Gasteiger partial charge in [-0.2, -0.15) is 0 Å². The summed E-state index contributed by atoms with van der Waals surface area (Å²) in [4.78, 5) is 14.8. The van der Waals surface area contributed by atoms with E-state index in [0.29, 0.717) is 5.02 Å². The first-order valence-corrected chi connectivity index (χ1v) is 10.1. The van der Waals surface area contributed by atoms with Crippen LogP contribution in [-0.4, -0.2) is 29.1 Å². The number of aryl methyl sites for hydroxylation is 1. The van der Waals surface area contributed by atoms with Crippen molar-refractivity contribution in [2.75, 3.05) is 19.6 Å². The molecule has 0 spiro atoms. The number of unbranched alkanes of at least 4 members (excludes halogenated alkanes) is 1. The van der Waals surface area contributed by atoms with Crippen LogP contribution in [-0.2, 0) is 6.54 Å². The van der Waals surface area contributed by atoms with Gasteiger partial charge in [-0.1, -0.05) is 37.8 Å². The van der Waals surface area contributed by atoms with Gasteiger partial charge in [-0.25, -0.2) is 0 Å². The number of aromatic nitrogens is 1. The highest BCUT2D eigenvalue weighted by molar-refractivity contribution is 6.31. The van der Waals surface area contributed by atoms with Gasteiger partial charge in [-0.05, 0) is 74.5 Å². The number of pyridine rings is 1. The van der Waals surface area contributed by atoms with Crippen LogP contribution in [0, 0.1) is 5.92 Å². The zero-order valence-electron chi connectivity index (χ0n) is 15.2. The molecule has 1 aromatic heterocycles. The van der Waals surface area contributed by atoms with E-state index in [2.05, 4.69) is 11.8 Å². The van der Waals surface area contributed by atoms with Gasteiger partial charge < -0.3 is 9.47 Å². The third kappa shape index (κ3) is 4.86. The molecule has 3 nitrogen and oxygen atoms in total. The van der Waals surface area contributed by atoms with Crippen molar-refractivity contribution < 1.29 is 0 Å². The fraction of sp³-hybridized carbons (Fsp3) is 0.571. The average molecular weight is 361 g/mol. The van der Waals surface area contributed by atoms with E-state index in [9.17, 15) is 4.79 Å². The zero-order valence-corrected chi connectivity index (χ0v) is 16.0. The van der Waals surface area contributed by atoms with E-state index < -0.39 is 0 Å². The number of likely N-dealkylation sites (tertiary alicyclic amines) is 1. The highest BCUT2D eigenvalue weighted by Crippen LogP contribution is 2.23. The molecule has 0 unspecified atom stereocenters. The summed E-state index contributed by atoms with van der Waals surface area (Å²) in [6, 6.07) is 9.26. The first kappa shape index (κ1) is 18.5. The monoisotopic (exact) mass is 360 g/mol. The van der Waals surface area contributed by atoms with Gasteiger partial charge >= 0.3 is 0 Å². The third-order valence-corrected chi connectivity index (χ3v) is 5.72. The van der Waals surface area contributed by atoms with Gasteiger partial charge in [0.15, 0.2) is 0 Å². The van der Waals surface area contributed by atoms with E-state index in [1.807, 2.05) is 28.8 Å². The summed E-state index contributed by atoms with van der Waals surface area (Å²) < 4.78 is 1.89. The van der Waals surface area contributed by atoms with E-state index in [-0.39, 0.29) is 5.56 Å². The van der Waals surface area contributed by atoms with Crippen molar-refractivity contribution in [3.8, 4) is 0 Å². The van der Waals surface area contributed by atoms with Crippen molar-refractivity contribution in [3.05, 3.63) is 45.7 Å². The number of hydrogen-bond acceptors (Lipinski definition) is 2. The molecule has 0 amide bonds. The quantitative estimate of drug-likeness (QED) is 0.698. The van der Waals surface area contributed by atoms with Crippen molar-refractivity contribution in [2.24, 2.45) is 5.92 Å². The molecular weight excluding hydrogens is 332 g/mol. The Morgan fingerprint density at radius 2 is 1.88 bits per heavy atom. The molecule has 0 radical (unpaired) electrons. The van der Waals surface area contributed by atoms with E-state index in [4.69, 9.17) is 11.6 Å². The van der Waals surface area contributed by atoms with Crippen LogP contribution in [0.5, 0.6) is 0 Å². The maximum Gasteiger partial charge on any atom is 0.251 e. The van der Waals surface area contributed by atoms with Crippen molar-refractivity contribution in [3.63, 3.8) is 0 Å². The number of halogens is 1. The minimum Gasteiger partial charge on any atom is -0.308 e. The molecule has 136 valence electrons. The first-order chi connectivity index (χ1) is 12.2. The molecule has 0 saturated carbocycles. The van der Waals surface area contributed by atoms with Gasteiger partial charge in [0, 0.05) is 17.6 Å². The molecule has 1 aromatic carbocycles. The maximum atomic E-state index is 12.3. The molecule has 0 N–H and O–H groups in total. The Labute approximate surface area is 155 Å². The standard InChI is InChI=1S/C21H29ClN2O/c1-2-3-5-17-10-14-23(15-11-17)12-4-13-24-20-8-7-19(22)16-18(20)6-9-21(24)25/h6-9,16-17H,2-5,10-15H2,1H3. The molecule has 0 bridgehead atoms. The Morgan fingerprint density at radius 3 is 2.64 bits per heavy atom. The van der Waals surface area contributed by atoms with E-state index >= 15 is 0 Å². The van der Waals surface area contributed by atoms with Crippen molar-refractivity contribution in [1.29, 1.82) is 0 Å². The molecule has 0 aliphatic carbocycles. The first-order valence-electron chi connectivity index (χ1n) is 9.69. The van der Waals surface area contributed by atoms with Crippen molar-refractivity contribution >= 4 is 22.5 Å². The van der Waals surface area contributed by atoms with Crippen LogP contribution in [0.2, 0.25) is 5.02 Å². The lowest BCUT2D eigenvalue weighted by molar-refractivity contribution is 0.174. The Morgan fingerprint density at radius 1 is 1.08 bits per heavy atom. The highest BCUT2D eigenvalue weighted by atomic mass is 35.5. The Hall–Kier alpha value is -1.32. The Kier molecular flexibility index (Phi) is 6.55. The second-order valence-corrected chi connectivity index (χ2v) is 7.74. The van der Waals surface area contributed by atoms with Gasteiger partial charge in [-0.3, -0.25) is 4.79 Å². The summed E-state index contributed by atoms with van der Waals surface area (Å²) in [6.45, 7) is 6.56. The Balaban J connectivity index is 1.54. The summed E-state index contributed by atoms with van der Waals surface area (Å²) in [6.07, 6.45) is 7.78. The maximum absolute atomic E-state index is 12.3. The SMILES string of the molecule is CCCCC1CCN(CCCn2c(=O)ccc3cc(Cl)ccc32)CC1. The molecule has 4 heteroatoms. The lowest BCUT2D eigenvalue weighted by atomic mass is 9.91. The van der Waals surface area contributed by atoms with E-state index in [1.54, 1.807) is 6.07 Å². The molecule has 1 aliphatic heterocycles. The van der Waals surface area contributed by atoms with E-state index in [0.717, 1.165) is 36.3 Å². The number of nitrogens with zero attached hydrogens (tertiary/aromatic N) is 2. The van der Waals surface area contributed by atoms with Gasteiger partial charge in [-0.15, -0.1) is 0 Å². The smallest absolute Gasteiger partial charge is 0.251 e. The molecular formula is C21H29ClN2O. The van der Waals surface area contributed by atoms with Crippen LogP contribution in [0.1, 0.15) is 45.4 Å². The molecule has 2 heterocycles. The molecule has 25 heavy (non-hydrogen) atoms. The lowest BCUT2D eigenvalue weighted by Crippen LogP contribution is -2.35. The molecule has 1 fully saturated rings. The summed E-state index contributed by atoms with van der Waals surface area (Å²) in [5, 5.41) is 1.74. The van der Waals surface area contributed by atoms with Crippen LogP contribution in [0.15, 0.2) is 35.1 Å². The van der Waals surface area contributed by atoms with Crippen molar-refractivity contribution in [2.45, 2.75) is 52.0 Å². The number of hydrogen-bond donors (Lipinski definition) is 0. The van der Waals surface area contributed by atoms with Crippen LogP contribution in [0.25, 0.3) is 10.9 Å². The minimum absolute atomic E-state index is 0.0769. The van der Waals surface area contributed by atoms with Crippen LogP contribution >= 0.6 is 11.6 Å². The molecule has 1 saturated heterocycles. The normalized spacial score (nSPS) is 16.6. The van der Waals surface area contributed by atoms with Gasteiger partial charge in [0.25, 0.3) is 5.56 Å². The summed E-state index contributed by atoms with van der Waals surface area (Å²) in [5.74, 6) is 0.932. The number of fused-ring (bicyclic) bond motifs is 1. The predicted molar refractivity (Wildman–Crippen MR) is 107 cm³/mol. The summed E-state index contributed by atoms with van der Waals surface area (Å²) in [7, 11) is 0. The number of rotatable bonds is 7. The topological polar surface area (TPSA) is 25.2 Å². The summed E-state index contributed by atoms with van der Waals surface area (Å²) in [5.41, 5.74) is 1.06. The minimum atomic E-state index is 0.0769. The number of piperidine rings is 1. The van der Waals surface area contributed by atoms with Crippen LogP contribution < -0.4 is 5.56 Å². The van der Waals surface area contributed by atoms with Gasteiger partial charge in [0.1, 0.15) is 0 Å². The fourth-order valence-corrected chi connectivity index (χ4v) is 4.13. The summed E-state index contributed by atoms with van der Waals surface area (Å²) >= 11 is 6.07. The average Bonchev–Trinajstić information content (AvgIpc) is 2.63. The third-order valence-electron chi connectivity index (χ3n) is 5.48. The van der Waals surface area contributed by atoms with Crippen LogP contribution in [0.4, 0.5) is 0 Å². The fourth-order valence-electron chi connectivity index (χ4n) is 3.95. The largest absolute Gasteiger partial charge is 0.308 e. The second kappa shape index (κ2) is 8.86. The molecule has 0 atom stereocenters. The molecule has 2 aromatic rings. The highest BCUT2D eigenvalue weighted by Gasteiger charge is 2.18. The predicted octanol–water partition coefficient (Wildman–Crippen LogP) is 4.95. The van der Waals surface area contributed by atoms with Gasteiger partial charge in [0.05, 0.1) is 5.52 Å². The van der Waals surface area contributed by atoms with E-state index in [1.165, 1.54) is 45.2 Å². The molecule has 3 rings (SSSR count). The van der Waals surface area contributed by atoms with Gasteiger partial charge in [0.2, 0.25) is 0 Å². The second-order valence-electron chi connectivity index (χ2n) is 7.31. The number of benzene rings is 1. The zero-order chi connectivity index (χ0) is 17.6. The Bertz CT molecular complexity index is 747.